The van der Waals surface area contributed by atoms with Crippen molar-refractivity contribution in [1.82, 2.24) is 0 Å². The molecular weight excluding hydrogens is 264 g/mol. The summed E-state index contributed by atoms with van der Waals surface area (Å²) in [5.41, 5.74) is 8.98. The van der Waals surface area contributed by atoms with Gasteiger partial charge in [-0.3, -0.25) is 0 Å². The SMILES string of the molecule is CC[C@]12CCC(C)=C1CCC1c3ccc(C)cc3CCC1C2. The lowest BCUT2D eigenvalue weighted by atomic mass is 9.67. The number of rotatable bonds is 1. The van der Waals surface area contributed by atoms with E-state index in [-0.39, 0.29) is 0 Å². The first-order valence-corrected chi connectivity index (χ1v) is 9.41. The molecule has 0 radical (unpaired) electrons. The zero-order valence-electron chi connectivity index (χ0n) is 14.5. The van der Waals surface area contributed by atoms with Gasteiger partial charge in [-0.25, -0.2) is 0 Å². The van der Waals surface area contributed by atoms with Crippen LogP contribution in [0.1, 0.15) is 81.4 Å². The van der Waals surface area contributed by atoms with Crippen LogP contribution in [0, 0.1) is 18.3 Å². The third-order valence-corrected chi connectivity index (χ3v) is 7.22. The molecule has 0 aliphatic heterocycles. The molecular formula is C22H30. The maximum atomic E-state index is 2.46. The summed E-state index contributed by atoms with van der Waals surface area (Å²) in [5, 5.41) is 0. The van der Waals surface area contributed by atoms with Crippen LogP contribution >= 0.6 is 0 Å². The van der Waals surface area contributed by atoms with Crippen LogP contribution in [0.5, 0.6) is 0 Å². The van der Waals surface area contributed by atoms with E-state index in [1.165, 1.54) is 56.9 Å². The summed E-state index contributed by atoms with van der Waals surface area (Å²) in [7, 11) is 0. The Labute approximate surface area is 136 Å². The average molecular weight is 294 g/mol. The van der Waals surface area contributed by atoms with Gasteiger partial charge >= 0.3 is 0 Å². The highest BCUT2D eigenvalue weighted by Crippen LogP contribution is 2.58. The molecule has 2 unspecified atom stereocenters. The molecule has 0 saturated heterocycles. The molecule has 1 aromatic carbocycles. The van der Waals surface area contributed by atoms with Gasteiger partial charge in [-0.2, -0.15) is 0 Å². The minimum Gasteiger partial charge on any atom is -0.0735 e. The predicted octanol–water partition coefficient (Wildman–Crippen LogP) is 6.33. The monoisotopic (exact) mass is 294 g/mol. The van der Waals surface area contributed by atoms with Crippen LogP contribution in [0.3, 0.4) is 0 Å². The Morgan fingerprint density at radius 2 is 1.95 bits per heavy atom. The highest BCUT2D eigenvalue weighted by molar-refractivity contribution is 5.39. The Balaban J connectivity index is 1.73. The lowest BCUT2D eigenvalue weighted by Gasteiger charge is -2.37. The highest BCUT2D eigenvalue weighted by atomic mass is 14.5. The van der Waals surface area contributed by atoms with Crippen LogP contribution in [-0.4, -0.2) is 0 Å². The topological polar surface area (TPSA) is 0 Å². The summed E-state index contributed by atoms with van der Waals surface area (Å²) in [4.78, 5) is 0. The molecule has 3 aliphatic carbocycles. The summed E-state index contributed by atoms with van der Waals surface area (Å²) in [6.07, 6.45) is 11.2. The van der Waals surface area contributed by atoms with Gasteiger partial charge < -0.3 is 0 Å². The van der Waals surface area contributed by atoms with Gasteiger partial charge in [-0.1, -0.05) is 41.8 Å². The van der Waals surface area contributed by atoms with Crippen LogP contribution < -0.4 is 0 Å². The minimum atomic E-state index is 0.575. The van der Waals surface area contributed by atoms with Crippen molar-refractivity contribution in [3.8, 4) is 0 Å². The molecule has 22 heavy (non-hydrogen) atoms. The summed E-state index contributed by atoms with van der Waals surface area (Å²) in [6.45, 7) is 7.10. The Morgan fingerprint density at radius 1 is 1.09 bits per heavy atom. The second-order valence-electron chi connectivity index (χ2n) is 8.24. The van der Waals surface area contributed by atoms with Crippen LogP contribution in [-0.2, 0) is 6.42 Å². The van der Waals surface area contributed by atoms with Crippen molar-refractivity contribution in [2.75, 3.05) is 0 Å². The van der Waals surface area contributed by atoms with Gasteiger partial charge in [-0.15, -0.1) is 0 Å². The maximum absolute atomic E-state index is 2.46. The predicted molar refractivity (Wildman–Crippen MR) is 94.2 cm³/mol. The fraction of sp³-hybridized carbons (Fsp3) is 0.636. The molecule has 118 valence electrons. The first kappa shape index (κ1) is 14.5. The minimum absolute atomic E-state index is 0.575. The van der Waals surface area contributed by atoms with Crippen molar-refractivity contribution < 1.29 is 0 Å². The van der Waals surface area contributed by atoms with Gasteiger partial charge in [0.2, 0.25) is 0 Å². The molecule has 0 N–H and O–H groups in total. The largest absolute Gasteiger partial charge is 0.0735 e. The fourth-order valence-electron chi connectivity index (χ4n) is 5.97. The van der Waals surface area contributed by atoms with Crippen molar-refractivity contribution in [3.05, 3.63) is 46.0 Å². The van der Waals surface area contributed by atoms with E-state index in [0.717, 1.165) is 11.8 Å². The highest BCUT2D eigenvalue weighted by Gasteiger charge is 2.44. The Hall–Kier alpha value is -1.04. The van der Waals surface area contributed by atoms with E-state index in [1.807, 2.05) is 5.57 Å². The third kappa shape index (κ3) is 2.10. The normalized spacial score (nSPS) is 34.0. The van der Waals surface area contributed by atoms with E-state index in [2.05, 4.69) is 39.0 Å². The Bertz CT molecular complexity index is 621. The van der Waals surface area contributed by atoms with Gasteiger partial charge in [0.05, 0.1) is 0 Å². The molecule has 0 bridgehead atoms. The molecule has 0 heteroatoms. The Kier molecular flexibility index (Phi) is 3.47. The molecule has 3 atom stereocenters. The quantitative estimate of drug-likeness (QED) is 0.531. The van der Waals surface area contributed by atoms with Crippen molar-refractivity contribution in [1.29, 1.82) is 0 Å². The summed E-state index contributed by atoms with van der Waals surface area (Å²) in [6, 6.07) is 7.26. The van der Waals surface area contributed by atoms with E-state index in [0.29, 0.717) is 5.41 Å². The summed E-state index contributed by atoms with van der Waals surface area (Å²) in [5.74, 6) is 1.76. The van der Waals surface area contributed by atoms with Crippen LogP contribution in [0.15, 0.2) is 29.3 Å². The second-order valence-corrected chi connectivity index (χ2v) is 8.24. The van der Waals surface area contributed by atoms with E-state index in [9.17, 15) is 0 Å². The van der Waals surface area contributed by atoms with E-state index < -0.39 is 0 Å². The van der Waals surface area contributed by atoms with Gasteiger partial charge in [0.15, 0.2) is 0 Å². The number of fused-ring (bicyclic) bond motifs is 4. The van der Waals surface area contributed by atoms with E-state index in [4.69, 9.17) is 0 Å². The van der Waals surface area contributed by atoms with Crippen molar-refractivity contribution in [3.63, 3.8) is 0 Å². The van der Waals surface area contributed by atoms with Crippen LogP contribution in [0.4, 0.5) is 0 Å². The molecule has 0 spiro atoms. The van der Waals surface area contributed by atoms with Gasteiger partial charge in [0.25, 0.3) is 0 Å². The lowest BCUT2D eigenvalue weighted by Crippen LogP contribution is -2.26. The van der Waals surface area contributed by atoms with Crippen LogP contribution in [0.2, 0.25) is 0 Å². The number of allylic oxidation sites excluding steroid dienone is 2. The van der Waals surface area contributed by atoms with E-state index in [1.54, 1.807) is 16.7 Å². The number of hydrogen-bond acceptors (Lipinski definition) is 0. The van der Waals surface area contributed by atoms with Gasteiger partial charge in [0, 0.05) is 0 Å². The lowest BCUT2D eigenvalue weighted by molar-refractivity contribution is 0.227. The molecule has 1 fully saturated rings. The molecule has 1 aromatic rings. The zero-order chi connectivity index (χ0) is 15.3. The van der Waals surface area contributed by atoms with E-state index >= 15 is 0 Å². The summed E-state index contributed by atoms with van der Waals surface area (Å²) < 4.78 is 0. The van der Waals surface area contributed by atoms with Gasteiger partial charge in [-0.05, 0) is 93.6 Å². The van der Waals surface area contributed by atoms with Crippen molar-refractivity contribution >= 4 is 0 Å². The Morgan fingerprint density at radius 3 is 2.77 bits per heavy atom. The standard InChI is InChI=1S/C22H30/c1-4-22-12-11-16(3)21(22)10-9-20-18(14-22)7-6-17-13-15(2)5-8-19(17)20/h5,8,13,18,20H,4,6-7,9-12,14H2,1-3H3/t18?,20?,22-/m1/s1. The number of hydrogen-bond donors (Lipinski definition) is 0. The molecule has 4 rings (SSSR count). The van der Waals surface area contributed by atoms with Crippen molar-refractivity contribution in [2.45, 2.75) is 78.1 Å². The molecule has 0 aromatic heterocycles. The zero-order valence-corrected chi connectivity index (χ0v) is 14.5. The van der Waals surface area contributed by atoms with Crippen LogP contribution in [0.25, 0.3) is 0 Å². The first-order chi connectivity index (χ1) is 10.6. The third-order valence-electron chi connectivity index (χ3n) is 7.22. The smallest absolute Gasteiger partial charge is 0.00822 e. The fourth-order valence-corrected chi connectivity index (χ4v) is 5.97. The second kappa shape index (κ2) is 5.25. The van der Waals surface area contributed by atoms with Gasteiger partial charge in [0.1, 0.15) is 0 Å². The summed E-state index contributed by atoms with van der Waals surface area (Å²) >= 11 is 0. The molecule has 0 heterocycles. The molecule has 3 aliphatic rings. The first-order valence-electron chi connectivity index (χ1n) is 9.41. The number of benzene rings is 1. The van der Waals surface area contributed by atoms with Crippen molar-refractivity contribution in [2.24, 2.45) is 11.3 Å². The molecule has 1 saturated carbocycles. The molecule has 0 amide bonds. The number of aryl methyl sites for hydroxylation is 2. The average Bonchev–Trinajstić information content (AvgIpc) is 2.73. The molecule has 0 nitrogen and oxygen atoms in total. The maximum Gasteiger partial charge on any atom is -0.00822 e.